The molecule has 1 fully saturated rings. The SMILES string of the molecule is CCCn1nc(C(=O)Nc2ccc(N3CCCCC3)c3ccncc23)c2ccccc2c1=O. The third-order valence-corrected chi connectivity index (χ3v) is 6.26. The fourth-order valence-corrected chi connectivity index (χ4v) is 4.64. The first-order chi connectivity index (χ1) is 16.2. The van der Waals surface area contributed by atoms with Gasteiger partial charge < -0.3 is 10.2 Å². The number of hydrogen-bond acceptors (Lipinski definition) is 5. The van der Waals surface area contributed by atoms with Crippen molar-refractivity contribution >= 4 is 38.8 Å². The highest BCUT2D eigenvalue weighted by atomic mass is 16.2. The summed E-state index contributed by atoms with van der Waals surface area (Å²) in [7, 11) is 0. The van der Waals surface area contributed by atoms with Gasteiger partial charge in [-0.2, -0.15) is 5.10 Å². The number of fused-ring (bicyclic) bond motifs is 2. The zero-order valence-corrected chi connectivity index (χ0v) is 18.8. The second-order valence-electron chi connectivity index (χ2n) is 8.48. The number of carbonyl (C=O) groups excluding carboxylic acids is 1. The van der Waals surface area contributed by atoms with Crippen LogP contribution >= 0.6 is 0 Å². The van der Waals surface area contributed by atoms with Crippen molar-refractivity contribution in [1.29, 1.82) is 0 Å². The molecule has 7 heteroatoms. The normalized spacial score (nSPS) is 14.0. The summed E-state index contributed by atoms with van der Waals surface area (Å²) in [6, 6.07) is 13.2. The smallest absolute Gasteiger partial charge is 0.276 e. The Kier molecular flexibility index (Phi) is 5.77. The summed E-state index contributed by atoms with van der Waals surface area (Å²) in [5, 5.41) is 10.5. The summed E-state index contributed by atoms with van der Waals surface area (Å²) in [4.78, 5) is 32.9. The topological polar surface area (TPSA) is 80.1 Å². The van der Waals surface area contributed by atoms with Crippen LogP contribution in [0.4, 0.5) is 11.4 Å². The van der Waals surface area contributed by atoms with Gasteiger partial charge in [0.25, 0.3) is 11.5 Å². The van der Waals surface area contributed by atoms with Crippen LogP contribution < -0.4 is 15.8 Å². The van der Waals surface area contributed by atoms with E-state index in [4.69, 9.17) is 0 Å². The van der Waals surface area contributed by atoms with E-state index in [1.807, 2.05) is 25.1 Å². The van der Waals surface area contributed by atoms with Crippen LogP contribution in [0.1, 0.15) is 43.1 Å². The first kappa shape index (κ1) is 21.1. The van der Waals surface area contributed by atoms with Crippen molar-refractivity contribution in [3.8, 4) is 0 Å². The van der Waals surface area contributed by atoms with Gasteiger partial charge in [-0.05, 0) is 49.9 Å². The molecule has 0 unspecified atom stereocenters. The van der Waals surface area contributed by atoms with Crippen molar-refractivity contribution < 1.29 is 4.79 Å². The molecule has 1 saturated heterocycles. The summed E-state index contributed by atoms with van der Waals surface area (Å²) in [6.07, 6.45) is 7.99. The maximum atomic E-state index is 13.4. The Morgan fingerprint density at radius 3 is 2.55 bits per heavy atom. The molecule has 1 N–H and O–H groups in total. The molecule has 3 heterocycles. The number of nitrogens with zero attached hydrogens (tertiary/aromatic N) is 4. The number of benzene rings is 2. The lowest BCUT2D eigenvalue weighted by Crippen LogP contribution is -2.29. The minimum absolute atomic E-state index is 0.176. The number of aryl methyl sites for hydroxylation is 1. The van der Waals surface area contributed by atoms with Crippen LogP contribution in [0, 0.1) is 0 Å². The van der Waals surface area contributed by atoms with E-state index < -0.39 is 0 Å². The minimum atomic E-state index is -0.341. The molecule has 168 valence electrons. The Bertz CT molecular complexity index is 1390. The first-order valence-corrected chi connectivity index (χ1v) is 11.6. The quantitative estimate of drug-likeness (QED) is 0.490. The van der Waals surface area contributed by atoms with Gasteiger partial charge in [0.05, 0.1) is 11.1 Å². The van der Waals surface area contributed by atoms with Gasteiger partial charge in [0.2, 0.25) is 0 Å². The standard InChI is InChI=1S/C26H27N5O2/c1-2-14-31-26(33)20-9-5-4-8-19(20)24(29-31)25(32)28-22-10-11-23(30-15-6-3-7-16-30)18-12-13-27-17-21(18)22/h4-5,8-13,17H,2-3,6-7,14-16H2,1H3,(H,28,32). The molecule has 0 aliphatic carbocycles. The van der Waals surface area contributed by atoms with Crippen LogP contribution in [0.15, 0.2) is 59.7 Å². The predicted molar refractivity (Wildman–Crippen MR) is 132 cm³/mol. The number of hydrogen-bond donors (Lipinski definition) is 1. The number of piperidine rings is 1. The summed E-state index contributed by atoms with van der Waals surface area (Å²) in [6.45, 7) is 4.52. The van der Waals surface area contributed by atoms with Crippen molar-refractivity contribution in [3.63, 3.8) is 0 Å². The predicted octanol–water partition coefficient (Wildman–Crippen LogP) is 4.60. The average Bonchev–Trinajstić information content (AvgIpc) is 2.86. The summed E-state index contributed by atoms with van der Waals surface area (Å²) in [5.41, 5.74) is 1.92. The van der Waals surface area contributed by atoms with Crippen molar-refractivity contribution in [1.82, 2.24) is 14.8 Å². The lowest BCUT2D eigenvalue weighted by atomic mass is 10.0. The van der Waals surface area contributed by atoms with Crippen LogP contribution in [-0.4, -0.2) is 33.8 Å². The molecule has 2 aromatic heterocycles. The summed E-state index contributed by atoms with van der Waals surface area (Å²) >= 11 is 0. The van der Waals surface area contributed by atoms with E-state index in [0.29, 0.717) is 23.0 Å². The van der Waals surface area contributed by atoms with E-state index in [2.05, 4.69) is 26.4 Å². The molecule has 7 nitrogen and oxygen atoms in total. The highest BCUT2D eigenvalue weighted by Gasteiger charge is 2.19. The van der Waals surface area contributed by atoms with E-state index in [1.165, 1.54) is 29.6 Å². The molecule has 1 aliphatic heterocycles. The lowest BCUT2D eigenvalue weighted by molar-refractivity contribution is 0.102. The van der Waals surface area contributed by atoms with Gasteiger partial charge in [0.15, 0.2) is 5.69 Å². The van der Waals surface area contributed by atoms with Crippen LogP contribution in [0.3, 0.4) is 0 Å². The number of aromatic nitrogens is 3. The largest absolute Gasteiger partial charge is 0.371 e. The third kappa shape index (κ3) is 3.95. The molecule has 0 radical (unpaired) electrons. The maximum absolute atomic E-state index is 13.4. The zero-order valence-electron chi connectivity index (χ0n) is 18.8. The molecule has 0 saturated carbocycles. The van der Waals surface area contributed by atoms with Gasteiger partial charge in [-0.3, -0.25) is 14.6 Å². The van der Waals surface area contributed by atoms with Crippen molar-refractivity contribution in [3.05, 3.63) is 70.9 Å². The molecule has 0 bridgehead atoms. The van der Waals surface area contributed by atoms with Crippen LogP contribution in [0.2, 0.25) is 0 Å². The van der Waals surface area contributed by atoms with Gasteiger partial charge in [-0.15, -0.1) is 0 Å². The fraction of sp³-hybridized carbons (Fsp3) is 0.308. The highest BCUT2D eigenvalue weighted by Crippen LogP contribution is 2.33. The van der Waals surface area contributed by atoms with Crippen LogP contribution in [-0.2, 0) is 6.54 Å². The first-order valence-electron chi connectivity index (χ1n) is 11.6. The Hall–Kier alpha value is -3.74. The fourth-order valence-electron chi connectivity index (χ4n) is 4.64. The molecule has 1 amide bonds. The van der Waals surface area contributed by atoms with Gasteiger partial charge >= 0.3 is 0 Å². The van der Waals surface area contributed by atoms with E-state index in [1.54, 1.807) is 30.6 Å². The molecule has 5 rings (SSSR count). The number of amides is 1. The Morgan fingerprint density at radius 2 is 1.76 bits per heavy atom. The minimum Gasteiger partial charge on any atom is -0.371 e. The number of carbonyl (C=O) groups is 1. The van der Waals surface area contributed by atoms with E-state index in [9.17, 15) is 9.59 Å². The summed E-state index contributed by atoms with van der Waals surface area (Å²) < 4.78 is 1.39. The zero-order chi connectivity index (χ0) is 22.8. The number of pyridine rings is 1. The van der Waals surface area contributed by atoms with Crippen LogP contribution in [0.5, 0.6) is 0 Å². The molecule has 0 spiro atoms. The van der Waals surface area contributed by atoms with E-state index in [-0.39, 0.29) is 17.2 Å². The Balaban J connectivity index is 1.56. The van der Waals surface area contributed by atoms with Gasteiger partial charge in [0.1, 0.15) is 0 Å². The van der Waals surface area contributed by atoms with Crippen LogP contribution in [0.25, 0.3) is 21.5 Å². The Labute approximate surface area is 192 Å². The second-order valence-corrected chi connectivity index (χ2v) is 8.48. The molecule has 1 aliphatic rings. The number of rotatable bonds is 5. The molecule has 33 heavy (non-hydrogen) atoms. The Morgan fingerprint density at radius 1 is 0.970 bits per heavy atom. The second kappa shape index (κ2) is 9.02. The number of anilines is 2. The van der Waals surface area contributed by atoms with Gasteiger partial charge in [-0.1, -0.05) is 25.1 Å². The highest BCUT2D eigenvalue weighted by molar-refractivity contribution is 6.14. The van der Waals surface area contributed by atoms with Crippen molar-refractivity contribution in [2.24, 2.45) is 0 Å². The molecular formula is C26H27N5O2. The third-order valence-electron chi connectivity index (χ3n) is 6.26. The van der Waals surface area contributed by atoms with E-state index >= 15 is 0 Å². The lowest BCUT2D eigenvalue weighted by Gasteiger charge is -2.30. The molecule has 4 aromatic rings. The van der Waals surface area contributed by atoms with Gasteiger partial charge in [0, 0.05) is 53.9 Å². The van der Waals surface area contributed by atoms with Crippen molar-refractivity contribution in [2.45, 2.75) is 39.2 Å². The van der Waals surface area contributed by atoms with Gasteiger partial charge in [-0.25, -0.2) is 4.68 Å². The maximum Gasteiger partial charge on any atom is 0.276 e. The van der Waals surface area contributed by atoms with E-state index in [0.717, 1.165) is 30.3 Å². The average molecular weight is 442 g/mol. The molecular weight excluding hydrogens is 414 g/mol. The number of nitrogens with one attached hydrogen (secondary N) is 1. The molecule has 0 atom stereocenters. The summed E-state index contributed by atoms with van der Waals surface area (Å²) in [5.74, 6) is -0.341. The molecule has 2 aromatic carbocycles. The monoisotopic (exact) mass is 441 g/mol. The van der Waals surface area contributed by atoms with Crippen molar-refractivity contribution in [2.75, 3.05) is 23.3 Å².